The summed E-state index contributed by atoms with van der Waals surface area (Å²) in [5.74, 6) is 0.665. The minimum absolute atomic E-state index is 0. The maximum Gasteiger partial charge on any atom is 0.309 e. The number of ether oxygens (including phenoxy) is 7. The predicted octanol–water partition coefficient (Wildman–Crippen LogP) is 6.88. The number of carboxylic acids is 1. The molecule has 0 heterocycles. The number of carboxylic acid groups (broad SMARTS) is 1. The van der Waals surface area contributed by atoms with E-state index in [1.807, 2.05) is 13.8 Å². The van der Waals surface area contributed by atoms with Crippen LogP contribution in [0.5, 0.6) is 0 Å². The number of carbonyl (C=O) groups excluding carboxylic acids is 1. The lowest BCUT2D eigenvalue weighted by Crippen LogP contribution is -2.20. The van der Waals surface area contributed by atoms with Crippen LogP contribution < -0.4 is 0 Å². The zero-order valence-corrected chi connectivity index (χ0v) is 30.4. The van der Waals surface area contributed by atoms with Gasteiger partial charge in [0.05, 0.1) is 97.7 Å². The Balaban J connectivity index is -0.000000146. The molecule has 0 radical (unpaired) electrons. The molecule has 48 heavy (non-hydrogen) atoms. The first-order valence-electron chi connectivity index (χ1n) is 16.6. The summed E-state index contributed by atoms with van der Waals surface area (Å²) >= 11 is 8.03. The summed E-state index contributed by atoms with van der Waals surface area (Å²) in [4.78, 5) is 22.3. The number of thiol groups is 2. The molecule has 0 aromatic rings. The lowest BCUT2D eigenvalue weighted by Gasteiger charge is -2.14. The molecule has 0 spiro atoms. The third kappa shape index (κ3) is 49.7. The molecule has 0 saturated heterocycles. The van der Waals surface area contributed by atoms with Crippen molar-refractivity contribution in [1.29, 1.82) is 0 Å². The molecule has 0 aromatic carbocycles. The predicted molar refractivity (Wildman–Crippen MR) is 205 cm³/mol. The number of aliphatic hydroxyl groups excluding tert-OH is 1. The van der Waals surface area contributed by atoms with Crippen molar-refractivity contribution in [1.82, 2.24) is 0 Å². The van der Waals surface area contributed by atoms with E-state index in [1.165, 1.54) is 0 Å². The molecule has 0 unspecified atom stereocenters. The topological polar surface area (TPSA) is 139 Å². The van der Waals surface area contributed by atoms with Crippen LogP contribution in [-0.4, -0.2) is 126 Å². The maximum absolute atomic E-state index is 11.9. The molecule has 11 nitrogen and oxygen atoms in total. The molecule has 0 aliphatic heterocycles. The van der Waals surface area contributed by atoms with Crippen LogP contribution in [0.3, 0.4) is 0 Å². The van der Waals surface area contributed by atoms with E-state index in [4.69, 9.17) is 43.4 Å². The molecule has 0 amide bonds. The van der Waals surface area contributed by atoms with Gasteiger partial charge in [0.25, 0.3) is 0 Å². The number of aliphatic carboxylic acids is 1. The Morgan fingerprint density at radius 3 is 1.08 bits per heavy atom. The molecule has 0 atom stereocenters. The molecule has 0 aliphatic carbocycles. The van der Waals surface area contributed by atoms with Crippen LogP contribution in [-0.2, 0) is 42.7 Å². The van der Waals surface area contributed by atoms with Gasteiger partial charge in [-0.15, -0.1) is 0 Å². The molecule has 13 heteroatoms. The van der Waals surface area contributed by atoms with Crippen LogP contribution in [0.1, 0.15) is 101 Å². The number of carbonyl (C=O) groups is 2. The Morgan fingerprint density at radius 1 is 0.500 bits per heavy atom. The number of hydrogen-bond donors (Lipinski definition) is 4. The second kappa shape index (κ2) is 53.2. The Bertz CT molecular complexity index is 569. The highest BCUT2D eigenvalue weighted by molar-refractivity contribution is 7.80. The third-order valence-electron chi connectivity index (χ3n) is 5.90. The van der Waals surface area contributed by atoms with Crippen LogP contribution >= 0.6 is 25.3 Å². The fourth-order valence-corrected chi connectivity index (χ4v) is 4.02. The molecule has 0 aliphatic rings. The second-order valence-electron chi connectivity index (χ2n) is 9.90. The lowest BCUT2D eigenvalue weighted by atomic mass is 9.99. The van der Waals surface area contributed by atoms with Gasteiger partial charge in [-0.3, -0.25) is 9.59 Å². The summed E-state index contributed by atoms with van der Waals surface area (Å²) in [6.07, 6.45) is 7.39. The molecule has 0 fully saturated rings. The van der Waals surface area contributed by atoms with Crippen molar-refractivity contribution in [3.05, 3.63) is 0 Å². The van der Waals surface area contributed by atoms with Crippen molar-refractivity contribution in [2.24, 2.45) is 11.8 Å². The Morgan fingerprint density at radius 2 is 0.792 bits per heavy atom. The normalized spacial score (nSPS) is 10.1. The van der Waals surface area contributed by atoms with Gasteiger partial charge in [-0.1, -0.05) is 75.7 Å². The molecule has 296 valence electrons. The first kappa shape index (κ1) is 59.5. The Hall–Kier alpha value is -0.640. The maximum atomic E-state index is 11.9. The van der Waals surface area contributed by atoms with Crippen molar-refractivity contribution in [2.75, 3.05) is 104 Å². The van der Waals surface area contributed by atoms with Gasteiger partial charge in [-0.2, -0.15) is 25.3 Å². The van der Waals surface area contributed by atoms with Crippen LogP contribution in [0.25, 0.3) is 0 Å². The first-order chi connectivity index (χ1) is 21.9. The van der Waals surface area contributed by atoms with E-state index >= 15 is 0 Å². The van der Waals surface area contributed by atoms with Gasteiger partial charge in [0.15, 0.2) is 0 Å². The van der Waals surface area contributed by atoms with Gasteiger partial charge in [-0.05, 0) is 25.7 Å². The first-order valence-corrected chi connectivity index (χ1v) is 17.8. The van der Waals surface area contributed by atoms with Gasteiger partial charge < -0.3 is 43.4 Å². The molecular weight excluding hydrogens is 661 g/mol. The van der Waals surface area contributed by atoms with Gasteiger partial charge in [0.1, 0.15) is 6.61 Å². The van der Waals surface area contributed by atoms with Crippen molar-refractivity contribution in [3.8, 4) is 0 Å². The Labute approximate surface area is 306 Å². The summed E-state index contributed by atoms with van der Waals surface area (Å²) < 4.78 is 36.4. The van der Waals surface area contributed by atoms with Crippen LogP contribution in [0.2, 0.25) is 0 Å². The summed E-state index contributed by atoms with van der Waals surface area (Å²) in [6.45, 7) is 15.1. The summed E-state index contributed by atoms with van der Waals surface area (Å²) in [5, 5.41) is 17.0. The van der Waals surface area contributed by atoms with E-state index in [-0.39, 0.29) is 46.7 Å². The minimum Gasteiger partial charge on any atom is -0.481 e. The molecule has 0 aromatic heterocycles. The van der Waals surface area contributed by atoms with Gasteiger partial charge in [0, 0.05) is 11.5 Å². The minimum atomic E-state index is -0.635. The molecule has 0 saturated carbocycles. The number of rotatable bonds is 31. The molecule has 2 N–H and O–H groups in total. The van der Waals surface area contributed by atoms with Gasteiger partial charge >= 0.3 is 11.9 Å². The fourth-order valence-electron chi connectivity index (χ4n) is 3.76. The van der Waals surface area contributed by atoms with E-state index in [1.54, 1.807) is 0 Å². The van der Waals surface area contributed by atoms with Crippen molar-refractivity contribution >= 4 is 37.2 Å². The lowest BCUT2D eigenvalue weighted by molar-refractivity contribution is -0.150. The van der Waals surface area contributed by atoms with Gasteiger partial charge in [0.2, 0.25) is 0 Å². The van der Waals surface area contributed by atoms with Crippen LogP contribution in [0.15, 0.2) is 0 Å². The quantitative estimate of drug-likeness (QED) is 0.0336. The standard InChI is InChI=1S/C16H32O5S.C8H18O4S.C8H16O2.3CH4/c1-3-5-15(6-4-2)16(17)21-12-11-19-8-7-18-9-10-20-13-14-22;9-1-2-10-3-4-11-5-6-12-7-8-13;1-3-5-7(6-4-2)8(9)10;;;/h15,22H,3-14H2,1-2H3;9,13H,1-8H2;7H,3-6H2,1-2H3,(H,9,10);3*1H4. The van der Waals surface area contributed by atoms with Crippen molar-refractivity contribution in [2.45, 2.75) is 101 Å². The van der Waals surface area contributed by atoms with E-state index in [9.17, 15) is 9.59 Å². The fraction of sp³-hybridized carbons (Fsp3) is 0.943. The molecular formula is C35H78O11S2. The monoisotopic (exact) mass is 738 g/mol. The highest BCUT2D eigenvalue weighted by Crippen LogP contribution is 2.15. The highest BCUT2D eigenvalue weighted by atomic mass is 32.1. The van der Waals surface area contributed by atoms with Gasteiger partial charge in [-0.25, -0.2) is 0 Å². The summed E-state index contributed by atoms with van der Waals surface area (Å²) in [5.41, 5.74) is 0. The summed E-state index contributed by atoms with van der Waals surface area (Å²) in [7, 11) is 0. The number of esters is 1. The molecule has 0 bridgehead atoms. The van der Waals surface area contributed by atoms with E-state index in [2.05, 4.69) is 39.1 Å². The SMILES string of the molecule is C.C.C.CCCC(CCC)C(=O)O.CCCC(CCC)C(=O)OCCOCCOCCOCCS.OCCOCCOCCOCCS. The Kier molecular flexibility index (Phi) is 65.9. The third-order valence-corrected chi connectivity index (χ3v) is 6.26. The van der Waals surface area contributed by atoms with E-state index < -0.39 is 5.97 Å². The average Bonchev–Trinajstić information content (AvgIpc) is 3.03. The smallest absolute Gasteiger partial charge is 0.309 e. The number of aliphatic hydroxyl groups is 1. The zero-order chi connectivity index (χ0) is 34.2. The van der Waals surface area contributed by atoms with E-state index in [0.717, 1.165) is 62.9 Å². The van der Waals surface area contributed by atoms with Crippen molar-refractivity contribution < 1.29 is 53.0 Å². The number of hydrogen-bond acceptors (Lipinski definition) is 12. The molecule has 0 rings (SSSR count). The summed E-state index contributed by atoms with van der Waals surface area (Å²) in [6, 6.07) is 0. The van der Waals surface area contributed by atoms with Crippen molar-refractivity contribution in [3.63, 3.8) is 0 Å². The largest absolute Gasteiger partial charge is 0.481 e. The van der Waals surface area contributed by atoms with E-state index in [0.29, 0.717) is 85.9 Å². The average molecular weight is 739 g/mol. The highest BCUT2D eigenvalue weighted by Gasteiger charge is 2.17. The zero-order valence-electron chi connectivity index (χ0n) is 28.6. The van der Waals surface area contributed by atoms with Crippen LogP contribution in [0.4, 0.5) is 0 Å². The van der Waals surface area contributed by atoms with Crippen LogP contribution in [0, 0.1) is 11.8 Å². The second-order valence-corrected chi connectivity index (χ2v) is 10.8.